The molecule has 82 valence electrons. The van der Waals surface area contributed by atoms with Crippen molar-refractivity contribution in [1.82, 2.24) is 5.32 Å². The highest BCUT2D eigenvalue weighted by Gasteiger charge is 2.23. The minimum absolute atomic E-state index is 0.0446. The van der Waals surface area contributed by atoms with Crippen molar-refractivity contribution >= 4 is 11.6 Å². The smallest absolute Gasteiger partial charge is 0.141 e. The van der Waals surface area contributed by atoms with Crippen LogP contribution >= 0.6 is 11.6 Å². The summed E-state index contributed by atoms with van der Waals surface area (Å²) in [7, 11) is 0. The van der Waals surface area contributed by atoms with Gasteiger partial charge in [0.2, 0.25) is 0 Å². The predicted molar refractivity (Wildman–Crippen MR) is 57.6 cm³/mol. The lowest BCUT2D eigenvalue weighted by atomic mass is 10.0. The zero-order valence-corrected chi connectivity index (χ0v) is 9.22. The summed E-state index contributed by atoms with van der Waals surface area (Å²) in [6.45, 7) is 3.57. The minimum Gasteiger partial charge on any atom is -0.371 e. The summed E-state index contributed by atoms with van der Waals surface area (Å²) >= 11 is 5.73. The molecule has 1 aliphatic rings. The number of rotatable bonds is 1. The van der Waals surface area contributed by atoms with Gasteiger partial charge in [0.1, 0.15) is 5.82 Å². The predicted octanol–water partition coefficient (Wildman–Crippen LogP) is 2.53. The van der Waals surface area contributed by atoms with Crippen LogP contribution < -0.4 is 5.32 Å². The summed E-state index contributed by atoms with van der Waals surface area (Å²) < 4.78 is 18.6. The average molecular weight is 230 g/mol. The van der Waals surface area contributed by atoms with Crippen LogP contribution in [0.2, 0.25) is 5.02 Å². The summed E-state index contributed by atoms with van der Waals surface area (Å²) in [6, 6.07) is 4.95. The normalized spacial score (nSPS) is 26.6. The molecule has 1 saturated heterocycles. The zero-order valence-electron chi connectivity index (χ0n) is 8.47. The van der Waals surface area contributed by atoms with Crippen LogP contribution in [-0.2, 0) is 4.74 Å². The van der Waals surface area contributed by atoms with Gasteiger partial charge in [0.05, 0.1) is 17.7 Å². The minimum atomic E-state index is -0.392. The lowest BCUT2D eigenvalue weighted by Crippen LogP contribution is -2.41. The lowest BCUT2D eigenvalue weighted by molar-refractivity contribution is -0.000252. The Bertz CT molecular complexity index is 358. The Hall–Kier alpha value is -0.640. The van der Waals surface area contributed by atoms with Gasteiger partial charge in [-0.2, -0.15) is 0 Å². The number of halogens is 2. The largest absolute Gasteiger partial charge is 0.371 e. The monoisotopic (exact) mass is 229 g/mol. The van der Waals surface area contributed by atoms with E-state index in [4.69, 9.17) is 16.3 Å². The highest BCUT2D eigenvalue weighted by Crippen LogP contribution is 2.27. The molecule has 0 aromatic heterocycles. The standard InChI is InChI=1S/C11H13ClFNO/c1-7-11(15-5-4-14-7)8-2-3-10(13)9(12)6-8/h2-3,6-7,11,14H,4-5H2,1H3. The van der Waals surface area contributed by atoms with Crippen molar-refractivity contribution in [3.8, 4) is 0 Å². The van der Waals surface area contributed by atoms with E-state index in [1.54, 1.807) is 12.1 Å². The zero-order chi connectivity index (χ0) is 10.8. The molecular formula is C11H13ClFNO. The molecular weight excluding hydrogens is 217 g/mol. The Morgan fingerprint density at radius 1 is 1.53 bits per heavy atom. The summed E-state index contributed by atoms with van der Waals surface area (Å²) in [5.41, 5.74) is 0.918. The lowest BCUT2D eigenvalue weighted by Gasteiger charge is -2.30. The molecule has 0 bridgehead atoms. The van der Waals surface area contributed by atoms with E-state index in [0.717, 1.165) is 12.1 Å². The number of hydrogen-bond acceptors (Lipinski definition) is 2. The number of benzene rings is 1. The van der Waals surface area contributed by atoms with E-state index in [0.29, 0.717) is 6.61 Å². The molecule has 2 atom stereocenters. The van der Waals surface area contributed by atoms with E-state index in [2.05, 4.69) is 5.32 Å². The van der Waals surface area contributed by atoms with Crippen LogP contribution in [0.1, 0.15) is 18.6 Å². The first-order valence-electron chi connectivity index (χ1n) is 4.98. The average Bonchev–Trinajstić information content (AvgIpc) is 2.23. The molecule has 0 amide bonds. The van der Waals surface area contributed by atoms with Crippen LogP contribution in [0.15, 0.2) is 18.2 Å². The topological polar surface area (TPSA) is 21.3 Å². The number of morpholine rings is 1. The van der Waals surface area contributed by atoms with Crippen LogP contribution in [-0.4, -0.2) is 19.2 Å². The van der Waals surface area contributed by atoms with Crippen molar-refractivity contribution in [2.75, 3.05) is 13.2 Å². The first-order chi connectivity index (χ1) is 7.18. The SMILES string of the molecule is CC1NCCOC1c1ccc(F)c(Cl)c1. The fourth-order valence-corrected chi connectivity index (χ4v) is 1.99. The molecule has 1 N–H and O–H groups in total. The molecule has 0 spiro atoms. The van der Waals surface area contributed by atoms with Gasteiger partial charge in [-0.3, -0.25) is 0 Å². The molecule has 0 radical (unpaired) electrons. The third-order valence-corrected chi connectivity index (χ3v) is 2.88. The van der Waals surface area contributed by atoms with E-state index in [1.807, 2.05) is 6.92 Å². The number of hydrogen-bond donors (Lipinski definition) is 1. The highest BCUT2D eigenvalue weighted by atomic mass is 35.5. The third-order valence-electron chi connectivity index (χ3n) is 2.59. The molecule has 1 heterocycles. The van der Waals surface area contributed by atoms with E-state index in [9.17, 15) is 4.39 Å². The van der Waals surface area contributed by atoms with Crippen molar-refractivity contribution in [2.45, 2.75) is 19.1 Å². The number of ether oxygens (including phenoxy) is 1. The quantitative estimate of drug-likeness (QED) is 0.799. The summed E-state index contributed by atoms with van der Waals surface area (Å²) in [5.74, 6) is -0.392. The van der Waals surface area contributed by atoms with Crippen LogP contribution in [0, 0.1) is 5.82 Å². The van der Waals surface area contributed by atoms with Gasteiger partial charge in [-0.15, -0.1) is 0 Å². The first-order valence-corrected chi connectivity index (χ1v) is 5.36. The summed E-state index contributed by atoms with van der Waals surface area (Å²) in [6.07, 6.45) is -0.0446. The maximum Gasteiger partial charge on any atom is 0.141 e. The Kier molecular flexibility index (Phi) is 3.24. The van der Waals surface area contributed by atoms with Gasteiger partial charge in [0.25, 0.3) is 0 Å². The first kappa shape index (κ1) is 10.9. The van der Waals surface area contributed by atoms with Crippen LogP contribution in [0.3, 0.4) is 0 Å². The molecule has 4 heteroatoms. The molecule has 1 aliphatic heterocycles. The summed E-state index contributed by atoms with van der Waals surface area (Å²) in [5, 5.41) is 3.45. The van der Waals surface area contributed by atoms with Crippen LogP contribution in [0.5, 0.6) is 0 Å². The van der Waals surface area contributed by atoms with E-state index >= 15 is 0 Å². The molecule has 2 rings (SSSR count). The third kappa shape index (κ3) is 2.30. The van der Waals surface area contributed by atoms with Gasteiger partial charge >= 0.3 is 0 Å². The van der Waals surface area contributed by atoms with Crippen molar-refractivity contribution < 1.29 is 9.13 Å². The Morgan fingerprint density at radius 2 is 2.33 bits per heavy atom. The van der Waals surface area contributed by atoms with Crippen molar-refractivity contribution in [3.05, 3.63) is 34.6 Å². The van der Waals surface area contributed by atoms with Gasteiger partial charge in [-0.1, -0.05) is 17.7 Å². The van der Waals surface area contributed by atoms with Gasteiger partial charge in [0.15, 0.2) is 0 Å². The molecule has 15 heavy (non-hydrogen) atoms. The van der Waals surface area contributed by atoms with Gasteiger partial charge in [-0.25, -0.2) is 4.39 Å². The Balaban J connectivity index is 2.24. The molecule has 1 aromatic carbocycles. The Morgan fingerprint density at radius 3 is 3.00 bits per heavy atom. The van der Waals surface area contributed by atoms with E-state index in [-0.39, 0.29) is 17.2 Å². The van der Waals surface area contributed by atoms with Crippen LogP contribution in [0.4, 0.5) is 4.39 Å². The maximum absolute atomic E-state index is 13.0. The second kappa shape index (κ2) is 4.47. The van der Waals surface area contributed by atoms with Crippen molar-refractivity contribution in [2.24, 2.45) is 0 Å². The van der Waals surface area contributed by atoms with E-state index in [1.165, 1.54) is 6.07 Å². The molecule has 0 aliphatic carbocycles. The van der Waals surface area contributed by atoms with E-state index < -0.39 is 5.82 Å². The van der Waals surface area contributed by atoms with Gasteiger partial charge in [-0.05, 0) is 24.6 Å². The molecule has 1 fully saturated rings. The second-order valence-corrected chi connectivity index (χ2v) is 4.11. The fourth-order valence-electron chi connectivity index (χ4n) is 1.80. The molecule has 2 unspecified atom stereocenters. The maximum atomic E-state index is 13.0. The molecule has 1 aromatic rings. The highest BCUT2D eigenvalue weighted by molar-refractivity contribution is 6.30. The van der Waals surface area contributed by atoms with Crippen LogP contribution in [0.25, 0.3) is 0 Å². The number of nitrogens with one attached hydrogen (secondary N) is 1. The second-order valence-electron chi connectivity index (χ2n) is 3.71. The van der Waals surface area contributed by atoms with Gasteiger partial charge < -0.3 is 10.1 Å². The van der Waals surface area contributed by atoms with Crippen molar-refractivity contribution in [3.63, 3.8) is 0 Å². The van der Waals surface area contributed by atoms with Crippen molar-refractivity contribution in [1.29, 1.82) is 0 Å². The summed E-state index contributed by atoms with van der Waals surface area (Å²) in [4.78, 5) is 0. The Labute approximate surface area is 93.4 Å². The molecule has 2 nitrogen and oxygen atoms in total. The fraction of sp³-hybridized carbons (Fsp3) is 0.455. The molecule has 0 saturated carbocycles. The van der Waals surface area contributed by atoms with Gasteiger partial charge in [0, 0.05) is 12.6 Å².